The second kappa shape index (κ2) is 10.6. The van der Waals surface area contributed by atoms with Crippen molar-refractivity contribution in [1.29, 1.82) is 0 Å². The summed E-state index contributed by atoms with van der Waals surface area (Å²) >= 11 is 6.42. The monoisotopic (exact) mass is 506 g/mol. The van der Waals surface area contributed by atoms with Crippen LogP contribution in [0.5, 0.6) is 5.75 Å². The van der Waals surface area contributed by atoms with E-state index in [1.165, 1.54) is 25.6 Å². The van der Waals surface area contributed by atoms with Gasteiger partial charge in [0.25, 0.3) is 11.8 Å². The lowest BCUT2D eigenvalue weighted by molar-refractivity contribution is 0.0841. The highest BCUT2D eigenvalue weighted by Gasteiger charge is 2.28. The second-order valence-corrected chi connectivity index (χ2v) is 7.67. The molecule has 2 aromatic carbocycles. The molecule has 0 aliphatic rings. The van der Waals surface area contributed by atoms with Crippen molar-refractivity contribution in [3.8, 4) is 28.1 Å². The number of hydrazine groups is 1. The predicted octanol–water partition coefficient (Wildman–Crippen LogP) is 3.57. The van der Waals surface area contributed by atoms with E-state index in [0.717, 1.165) is 4.79 Å². The lowest BCUT2D eigenvalue weighted by Gasteiger charge is -2.12. The molecule has 182 valence electrons. The summed E-state index contributed by atoms with van der Waals surface area (Å²) in [6.07, 6.45) is 1.37. The van der Waals surface area contributed by atoms with E-state index in [1.807, 2.05) is 0 Å². The zero-order valence-electron chi connectivity index (χ0n) is 18.7. The minimum atomic E-state index is -1.46. The van der Waals surface area contributed by atoms with Crippen LogP contribution in [0, 0.1) is 0 Å². The molecular weight excluding hydrogens is 488 g/mol. The Labute approximate surface area is 209 Å². The summed E-state index contributed by atoms with van der Waals surface area (Å²) in [5.74, 6) is -0.972. The first-order chi connectivity index (χ1) is 17.4. The molecule has 0 saturated heterocycles. The zero-order chi connectivity index (χ0) is 25.7. The molecule has 0 fully saturated rings. The van der Waals surface area contributed by atoms with Crippen molar-refractivity contribution in [2.75, 3.05) is 12.5 Å². The summed E-state index contributed by atoms with van der Waals surface area (Å²) in [6.45, 7) is 0. The van der Waals surface area contributed by atoms with E-state index in [9.17, 15) is 19.5 Å². The van der Waals surface area contributed by atoms with Crippen molar-refractivity contribution in [3.05, 3.63) is 89.3 Å². The van der Waals surface area contributed by atoms with E-state index in [-0.39, 0.29) is 22.5 Å². The minimum absolute atomic E-state index is 0.202. The van der Waals surface area contributed by atoms with Gasteiger partial charge in [-0.3, -0.25) is 25.4 Å². The molecule has 0 saturated carbocycles. The number of benzene rings is 2. The Hall–Kier alpha value is -4.90. The quantitative estimate of drug-likeness (QED) is 0.292. The number of nitrogens with one attached hydrogen (secondary N) is 3. The molecular formula is C24H19ClN6O5. The molecule has 0 atom stereocenters. The van der Waals surface area contributed by atoms with Crippen molar-refractivity contribution < 1.29 is 24.2 Å². The molecule has 0 radical (unpaired) electrons. The van der Waals surface area contributed by atoms with Gasteiger partial charge >= 0.3 is 6.09 Å². The van der Waals surface area contributed by atoms with Gasteiger partial charge in [-0.2, -0.15) is 9.89 Å². The van der Waals surface area contributed by atoms with Crippen molar-refractivity contribution in [2.24, 2.45) is 0 Å². The van der Waals surface area contributed by atoms with Gasteiger partial charge in [-0.15, -0.1) is 0 Å². The fraction of sp³-hybridized carbons (Fsp3) is 0.0417. The number of carbonyl (C=O) groups excluding carboxylic acids is 2. The highest BCUT2D eigenvalue weighted by Crippen LogP contribution is 2.38. The predicted molar refractivity (Wildman–Crippen MR) is 131 cm³/mol. The number of amides is 3. The number of methoxy groups -OCH3 is 1. The van der Waals surface area contributed by atoms with E-state index in [0.29, 0.717) is 21.9 Å². The summed E-state index contributed by atoms with van der Waals surface area (Å²) in [7, 11) is 1.49. The summed E-state index contributed by atoms with van der Waals surface area (Å²) in [4.78, 5) is 42.0. The van der Waals surface area contributed by atoms with Crippen LogP contribution >= 0.6 is 11.6 Å². The van der Waals surface area contributed by atoms with E-state index in [4.69, 9.17) is 16.3 Å². The molecule has 0 bridgehead atoms. The van der Waals surface area contributed by atoms with Crippen LogP contribution in [-0.4, -0.2) is 45.0 Å². The zero-order valence-corrected chi connectivity index (χ0v) is 19.5. The molecule has 0 unspecified atom stereocenters. The third kappa shape index (κ3) is 5.10. The first-order valence-electron chi connectivity index (χ1n) is 10.4. The van der Waals surface area contributed by atoms with Gasteiger partial charge in [0.05, 0.1) is 17.7 Å². The number of ether oxygens (including phenoxy) is 1. The largest absolute Gasteiger partial charge is 0.497 e. The first-order valence-corrected chi connectivity index (χ1v) is 10.8. The Bertz CT molecular complexity index is 1440. The van der Waals surface area contributed by atoms with Gasteiger partial charge < -0.3 is 9.84 Å². The van der Waals surface area contributed by atoms with Gasteiger partial charge in [-0.25, -0.2) is 10.2 Å². The molecule has 36 heavy (non-hydrogen) atoms. The van der Waals surface area contributed by atoms with Crippen LogP contribution in [0.3, 0.4) is 0 Å². The van der Waals surface area contributed by atoms with Gasteiger partial charge in [0.2, 0.25) is 0 Å². The number of hydrogen-bond acceptors (Lipinski definition) is 6. The van der Waals surface area contributed by atoms with Gasteiger partial charge in [0.15, 0.2) is 5.69 Å². The molecule has 4 aromatic rings. The fourth-order valence-corrected chi connectivity index (χ4v) is 3.66. The third-order valence-electron chi connectivity index (χ3n) is 5.00. The summed E-state index contributed by atoms with van der Waals surface area (Å²) < 4.78 is 5.32. The summed E-state index contributed by atoms with van der Waals surface area (Å²) in [6, 6.07) is 16.7. The maximum atomic E-state index is 13.4. The van der Waals surface area contributed by atoms with Gasteiger partial charge in [0.1, 0.15) is 11.4 Å². The molecule has 4 rings (SSSR count). The maximum Gasteiger partial charge on any atom is 0.425 e. The lowest BCUT2D eigenvalue weighted by atomic mass is 9.98. The third-order valence-corrected chi connectivity index (χ3v) is 5.33. The van der Waals surface area contributed by atoms with Crippen LogP contribution < -0.4 is 21.0 Å². The normalized spacial score (nSPS) is 10.4. The number of halogens is 1. The van der Waals surface area contributed by atoms with E-state index >= 15 is 0 Å². The number of carbonyl (C=O) groups is 3. The molecule has 0 spiro atoms. The molecule has 0 aliphatic heterocycles. The van der Waals surface area contributed by atoms with Crippen molar-refractivity contribution in [3.63, 3.8) is 0 Å². The van der Waals surface area contributed by atoms with E-state index in [2.05, 4.69) is 26.4 Å². The van der Waals surface area contributed by atoms with Gasteiger partial charge in [-0.05, 0) is 35.9 Å². The number of pyridine rings is 1. The van der Waals surface area contributed by atoms with Gasteiger partial charge in [0, 0.05) is 23.5 Å². The Morgan fingerprint density at radius 2 is 1.78 bits per heavy atom. The Morgan fingerprint density at radius 1 is 1.00 bits per heavy atom. The summed E-state index contributed by atoms with van der Waals surface area (Å²) in [5.41, 5.74) is 8.12. The number of hydrogen-bond donors (Lipinski definition) is 4. The summed E-state index contributed by atoms with van der Waals surface area (Å²) in [5, 5.41) is 14.1. The van der Waals surface area contributed by atoms with Crippen LogP contribution in [0.1, 0.15) is 20.8 Å². The van der Waals surface area contributed by atoms with E-state index < -0.39 is 17.9 Å². The highest BCUT2D eigenvalue weighted by atomic mass is 35.5. The Kier molecular flexibility index (Phi) is 7.12. The standard InChI is InChI=1S/C24H19ClN6O5/c1-36-16-8-4-6-14(12-16)19-20(17-9-2-3-10-18(17)25)29-31(30-24(34)35)21(19)23(33)28-27-22(32)15-7-5-11-26-13-15/h2-13,30H,1H3,(H,27,32)(H,28,33)(H,34,35). The van der Waals surface area contributed by atoms with Crippen LogP contribution in [-0.2, 0) is 0 Å². The maximum absolute atomic E-state index is 13.4. The van der Waals surface area contributed by atoms with Crippen LogP contribution in [0.4, 0.5) is 4.79 Å². The van der Waals surface area contributed by atoms with Gasteiger partial charge in [-0.1, -0.05) is 41.9 Å². The Balaban J connectivity index is 1.85. The van der Waals surface area contributed by atoms with Crippen molar-refractivity contribution in [1.82, 2.24) is 25.7 Å². The number of aromatic nitrogens is 3. The average molecular weight is 507 g/mol. The number of carboxylic acid groups (broad SMARTS) is 1. The molecule has 3 amide bonds. The Morgan fingerprint density at radius 3 is 2.47 bits per heavy atom. The SMILES string of the molecule is COc1cccc(-c2c(-c3ccccc3Cl)nn(NC(=O)O)c2C(=O)NNC(=O)c2cccnc2)c1. The second-order valence-electron chi connectivity index (χ2n) is 7.26. The molecule has 2 aromatic heterocycles. The minimum Gasteiger partial charge on any atom is -0.497 e. The van der Waals surface area contributed by atoms with Crippen LogP contribution in [0.25, 0.3) is 22.4 Å². The number of rotatable bonds is 6. The topological polar surface area (TPSA) is 147 Å². The molecule has 2 heterocycles. The van der Waals surface area contributed by atoms with Crippen LogP contribution in [0.15, 0.2) is 73.1 Å². The highest BCUT2D eigenvalue weighted by molar-refractivity contribution is 6.33. The molecule has 0 aliphatic carbocycles. The van der Waals surface area contributed by atoms with E-state index in [1.54, 1.807) is 54.6 Å². The number of nitrogens with zero attached hydrogens (tertiary/aromatic N) is 3. The van der Waals surface area contributed by atoms with Crippen LogP contribution in [0.2, 0.25) is 5.02 Å². The fourth-order valence-electron chi connectivity index (χ4n) is 3.44. The first kappa shape index (κ1) is 24.2. The van der Waals surface area contributed by atoms with Crippen molar-refractivity contribution >= 4 is 29.5 Å². The lowest BCUT2D eigenvalue weighted by Crippen LogP contribution is -2.43. The van der Waals surface area contributed by atoms with Crippen molar-refractivity contribution in [2.45, 2.75) is 0 Å². The average Bonchev–Trinajstić information content (AvgIpc) is 3.26. The smallest absolute Gasteiger partial charge is 0.425 e. The molecule has 12 heteroatoms. The molecule has 4 N–H and O–H groups in total. The molecule has 11 nitrogen and oxygen atoms in total.